The molecule has 0 aliphatic rings. The maximum atomic E-state index is 6.10. The molecule has 0 radical (unpaired) electrons. The van der Waals surface area contributed by atoms with Gasteiger partial charge in [-0.05, 0) is 42.8 Å². The van der Waals surface area contributed by atoms with Crippen LogP contribution in [0, 0.1) is 6.92 Å². The molecule has 88 valence electrons. The topological polar surface area (TPSA) is 38.0 Å². The molecule has 0 saturated carbocycles. The van der Waals surface area contributed by atoms with Crippen LogP contribution in [-0.4, -0.2) is 0 Å². The number of rotatable bonds is 2. The molecule has 0 unspecified atom stereocenters. The molecule has 0 amide bonds. The molecule has 0 fully saturated rings. The number of anilines is 3. The summed E-state index contributed by atoms with van der Waals surface area (Å²) in [5.74, 6) is 0. The van der Waals surface area contributed by atoms with Crippen LogP contribution in [0.2, 0.25) is 10.0 Å². The molecule has 0 atom stereocenters. The van der Waals surface area contributed by atoms with Gasteiger partial charge in [0.2, 0.25) is 0 Å². The van der Waals surface area contributed by atoms with Crippen molar-refractivity contribution in [3.8, 4) is 0 Å². The Kier molecular flexibility index (Phi) is 3.46. The number of hydrogen-bond donors (Lipinski definition) is 2. The summed E-state index contributed by atoms with van der Waals surface area (Å²) in [5, 5.41) is 4.23. The van der Waals surface area contributed by atoms with Gasteiger partial charge >= 0.3 is 0 Å². The van der Waals surface area contributed by atoms with Gasteiger partial charge in [0, 0.05) is 11.4 Å². The normalized spacial score (nSPS) is 10.3. The van der Waals surface area contributed by atoms with Gasteiger partial charge in [0.15, 0.2) is 0 Å². The SMILES string of the molecule is Cc1cc(N)cc(Nc2cccc(Cl)c2Cl)c1. The molecule has 0 aliphatic carbocycles. The van der Waals surface area contributed by atoms with Crippen LogP contribution in [0.1, 0.15) is 5.56 Å². The second-order valence-corrected chi connectivity index (χ2v) is 4.64. The van der Waals surface area contributed by atoms with Gasteiger partial charge in [-0.25, -0.2) is 0 Å². The van der Waals surface area contributed by atoms with Crippen molar-refractivity contribution in [3.63, 3.8) is 0 Å². The first-order valence-corrected chi connectivity index (χ1v) is 5.90. The van der Waals surface area contributed by atoms with Crippen LogP contribution in [0.25, 0.3) is 0 Å². The summed E-state index contributed by atoms with van der Waals surface area (Å²) in [7, 11) is 0. The van der Waals surface area contributed by atoms with Crippen LogP contribution in [0.15, 0.2) is 36.4 Å². The van der Waals surface area contributed by atoms with Crippen molar-refractivity contribution in [3.05, 3.63) is 52.0 Å². The molecule has 2 aromatic carbocycles. The van der Waals surface area contributed by atoms with Gasteiger partial charge in [0.25, 0.3) is 0 Å². The summed E-state index contributed by atoms with van der Waals surface area (Å²) in [5.41, 5.74) is 9.25. The first-order valence-electron chi connectivity index (χ1n) is 5.14. The zero-order valence-corrected chi connectivity index (χ0v) is 10.8. The minimum atomic E-state index is 0.509. The minimum Gasteiger partial charge on any atom is -0.399 e. The first-order chi connectivity index (χ1) is 8.06. The van der Waals surface area contributed by atoms with Crippen LogP contribution in [0.3, 0.4) is 0 Å². The molecule has 0 aliphatic heterocycles. The van der Waals surface area contributed by atoms with Crippen molar-refractivity contribution in [2.75, 3.05) is 11.1 Å². The number of nitrogens with two attached hydrogens (primary N) is 1. The van der Waals surface area contributed by atoms with Crippen LogP contribution in [-0.2, 0) is 0 Å². The van der Waals surface area contributed by atoms with E-state index in [-0.39, 0.29) is 0 Å². The Hall–Kier alpha value is -1.38. The standard InChI is InChI=1S/C13H12Cl2N2/c1-8-5-9(16)7-10(6-8)17-12-4-2-3-11(14)13(12)15/h2-7,17H,16H2,1H3. The van der Waals surface area contributed by atoms with Crippen LogP contribution in [0.5, 0.6) is 0 Å². The summed E-state index contributed by atoms with van der Waals surface area (Å²) in [4.78, 5) is 0. The van der Waals surface area contributed by atoms with Crippen LogP contribution >= 0.6 is 23.2 Å². The van der Waals surface area contributed by atoms with E-state index in [9.17, 15) is 0 Å². The molecule has 0 bridgehead atoms. The maximum absolute atomic E-state index is 6.10. The molecule has 2 aromatic rings. The molecule has 0 saturated heterocycles. The minimum absolute atomic E-state index is 0.509. The number of aryl methyl sites for hydroxylation is 1. The van der Waals surface area contributed by atoms with Crippen molar-refractivity contribution in [1.82, 2.24) is 0 Å². The van der Waals surface area contributed by atoms with Crippen LogP contribution < -0.4 is 11.1 Å². The van der Waals surface area contributed by atoms with Crippen molar-refractivity contribution in [1.29, 1.82) is 0 Å². The highest BCUT2D eigenvalue weighted by Gasteiger charge is 2.04. The van der Waals surface area contributed by atoms with Gasteiger partial charge < -0.3 is 11.1 Å². The quantitative estimate of drug-likeness (QED) is 0.778. The van der Waals surface area contributed by atoms with E-state index < -0.39 is 0 Å². The number of nitrogen functional groups attached to an aromatic ring is 1. The summed E-state index contributed by atoms with van der Waals surface area (Å²) >= 11 is 12.0. The third-order valence-electron chi connectivity index (χ3n) is 2.33. The Labute approximate surface area is 110 Å². The molecule has 17 heavy (non-hydrogen) atoms. The number of halogens is 2. The Bertz CT molecular complexity index is 533. The number of benzene rings is 2. The van der Waals surface area contributed by atoms with E-state index in [0.717, 1.165) is 16.9 Å². The fourth-order valence-electron chi connectivity index (χ4n) is 1.64. The molecule has 3 N–H and O–H groups in total. The lowest BCUT2D eigenvalue weighted by atomic mass is 10.2. The fraction of sp³-hybridized carbons (Fsp3) is 0.0769. The van der Waals surface area contributed by atoms with Crippen LogP contribution in [0.4, 0.5) is 17.1 Å². The van der Waals surface area contributed by atoms with E-state index in [1.807, 2.05) is 37.3 Å². The zero-order valence-electron chi connectivity index (χ0n) is 9.30. The summed E-state index contributed by atoms with van der Waals surface area (Å²) in [6.07, 6.45) is 0. The lowest BCUT2D eigenvalue weighted by molar-refractivity contribution is 1.45. The summed E-state index contributed by atoms with van der Waals surface area (Å²) in [6, 6.07) is 11.2. The first kappa shape index (κ1) is 12.1. The second kappa shape index (κ2) is 4.86. The third kappa shape index (κ3) is 2.84. The predicted molar refractivity (Wildman–Crippen MR) is 75.3 cm³/mol. The van der Waals surface area contributed by atoms with Gasteiger partial charge in [-0.2, -0.15) is 0 Å². The van der Waals surface area contributed by atoms with Gasteiger partial charge in [-0.3, -0.25) is 0 Å². The molecule has 2 nitrogen and oxygen atoms in total. The van der Waals surface area contributed by atoms with Crippen molar-refractivity contribution in [2.45, 2.75) is 6.92 Å². The second-order valence-electron chi connectivity index (χ2n) is 3.86. The Morgan fingerprint density at radius 3 is 2.59 bits per heavy atom. The van der Waals surface area contributed by atoms with Gasteiger partial charge in [-0.15, -0.1) is 0 Å². The van der Waals surface area contributed by atoms with Crippen molar-refractivity contribution >= 4 is 40.3 Å². The molecule has 4 heteroatoms. The predicted octanol–water partition coefficient (Wildman–Crippen LogP) is 4.63. The largest absolute Gasteiger partial charge is 0.399 e. The molecule has 2 rings (SSSR count). The van der Waals surface area contributed by atoms with Crippen molar-refractivity contribution < 1.29 is 0 Å². The van der Waals surface area contributed by atoms with Gasteiger partial charge in [0.1, 0.15) is 0 Å². The summed E-state index contributed by atoms with van der Waals surface area (Å²) in [6.45, 7) is 1.99. The highest BCUT2D eigenvalue weighted by atomic mass is 35.5. The monoisotopic (exact) mass is 266 g/mol. The number of hydrogen-bond acceptors (Lipinski definition) is 2. The molecule has 0 spiro atoms. The Balaban J connectivity index is 2.34. The lowest BCUT2D eigenvalue weighted by Crippen LogP contribution is -1.94. The molecule has 0 aromatic heterocycles. The third-order valence-corrected chi connectivity index (χ3v) is 3.15. The van der Waals surface area contributed by atoms with E-state index in [2.05, 4.69) is 5.32 Å². The summed E-state index contributed by atoms with van der Waals surface area (Å²) < 4.78 is 0. The van der Waals surface area contributed by atoms with E-state index in [0.29, 0.717) is 15.7 Å². The zero-order chi connectivity index (χ0) is 12.4. The van der Waals surface area contributed by atoms with E-state index in [1.165, 1.54) is 0 Å². The lowest BCUT2D eigenvalue weighted by Gasteiger charge is -2.10. The molecular formula is C13H12Cl2N2. The average Bonchev–Trinajstić information content (AvgIpc) is 2.23. The van der Waals surface area contributed by atoms with Crippen molar-refractivity contribution in [2.24, 2.45) is 0 Å². The average molecular weight is 267 g/mol. The fourth-order valence-corrected chi connectivity index (χ4v) is 1.99. The molecule has 0 heterocycles. The smallest absolute Gasteiger partial charge is 0.0827 e. The molecular weight excluding hydrogens is 255 g/mol. The Morgan fingerprint density at radius 1 is 1.12 bits per heavy atom. The highest BCUT2D eigenvalue weighted by molar-refractivity contribution is 6.43. The highest BCUT2D eigenvalue weighted by Crippen LogP contribution is 2.32. The maximum Gasteiger partial charge on any atom is 0.0827 e. The van der Waals surface area contributed by atoms with Gasteiger partial charge in [-0.1, -0.05) is 29.3 Å². The Morgan fingerprint density at radius 2 is 1.88 bits per heavy atom. The van der Waals surface area contributed by atoms with E-state index in [1.54, 1.807) is 6.07 Å². The van der Waals surface area contributed by atoms with Gasteiger partial charge in [0.05, 0.1) is 15.7 Å². The van der Waals surface area contributed by atoms with E-state index in [4.69, 9.17) is 28.9 Å². The van der Waals surface area contributed by atoms with E-state index >= 15 is 0 Å². The number of nitrogens with one attached hydrogen (secondary N) is 1.